The minimum atomic E-state index is -0.0858. The highest BCUT2D eigenvalue weighted by atomic mass is 16.5. The van der Waals surface area contributed by atoms with Crippen LogP contribution in [0.1, 0.15) is 18.4 Å². The Morgan fingerprint density at radius 1 is 1.50 bits per heavy atom. The van der Waals surface area contributed by atoms with E-state index in [1.807, 2.05) is 18.2 Å². The van der Waals surface area contributed by atoms with Gasteiger partial charge in [0, 0.05) is 24.8 Å². The summed E-state index contributed by atoms with van der Waals surface area (Å²) in [6.45, 7) is 0.461. The standard InChI is InChI=1S/C14H17NO3/c1-18-10-8-14(17)15-13-7-4-6-12(11-13)5-2-3-9-16/h4,6-7,11,16H,3,8-10H2,1H3,(H,15,17). The molecule has 0 saturated carbocycles. The number of nitrogens with one attached hydrogen (secondary N) is 1. The number of ether oxygens (including phenoxy) is 1. The van der Waals surface area contributed by atoms with E-state index in [0.717, 1.165) is 5.56 Å². The molecule has 0 atom stereocenters. The summed E-state index contributed by atoms with van der Waals surface area (Å²) in [5, 5.41) is 11.4. The molecular weight excluding hydrogens is 230 g/mol. The Bertz CT molecular complexity index is 446. The summed E-state index contributed by atoms with van der Waals surface area (Å²) in [6.07, 6.45) is 0.779. The van der Waals surface area contributed by atoms with Gasteiger partial charge < -0.3 is 15.2 Å². The Hall–Kier alpha value is -1.83. The molecule has 0 spiro atoms. The first kappa shape index (κ1) is 14.2. The van der Waals surface area contributed by atoms with E-state index in [2.05, 4.69) is 17.2 Å². The lowest BCUT2D eigenvalue weighted by Crippen LogP contribution is -2.13. The number of rotatable bonds is 5. The summed E-state index contributed by atoms with van der Waals surface area (Å²) in [6, 6.07) is 7.29. The van der Waals surface area contributed by atoms with Crippen LogP contribution in [-0.2, 0) is 9.53 Å². The number of benzene rings is 1. The van der Waals surface area contributed by atoms with E-state index in [9.17, 15) is 4.79 Å². The van der Waals surface area contributed by atoms with Gasteiger partial charge in [0.2, 0.25) is 5.91 Å². The van der Waals surface area contributed by atoms with Crippen LogP contribution in [-0.4, -0.2) is 31.3 Å². The lowest BCUT2D eigenvalue weighted by Gasteiger charge is -2.04. The zero-order valence-corrected chi connectivity index (χ0v) is 10.4. The van der Waals surface area contributed by atoms with Crippen molar-refractivity contribution in [2.45, 2.75) is 12.8 Å². The van der Waals surface area contributed by atoms with Crippen LogP contribution in [0.3, 0.4) is 0 Å². The average Bonchev–Trinajstić information content (AvgIpc) is 2.37. The molecule has 0 fully saturated rings. The van der Waals surface area contributed by atoms with E-state index in [4.69, 9.17) is 9.84 Å². The average molecular weight is 247 g/mol. The molecule has 1 amide bonds. The van der Waals surface area contributed by atoms with Gasteiger partial charge in [-0.05, 0) is 18.2 Å². The topological polar surface area (TPSA) is 58.6 Å². The molecule has 0 radical (unpaired) electrons. The maximum absolute atomic E-state index is 11.5. The van der Waals surface area contributed by atoms with Crippen LogP contribution in [0.2, 0.25) is 0 Å². The number of methoxy groups -OCH3 is 1. The van der Waals surface area contributed by atoms with E-state index in [1.54, 1.807) is 13.2 Å². The smallest absolute Gasteiger partial charge is 0.226 e. The minimum absolute atomic E-state index is 0.0560. The van der Waals surface area contributed by atoms with Crippen molar-refractivity contribution in [3.05, 3.63) is 29.8 Å². The monoisotopic (exact) mass is 247 g/mol. The predicted molar refractivity (Wildman–Crippen MR) is 70.1 cm³/mol. The zero-order chi connectivity index (χ0) is 13.2. The van der Waals surface area contributed by atoms with E-state index in [0.29, 0.717) is 25.1 Å². The molecule has 96 valence electrons. The summed E-state index contributed by atoms with van der Waals surface area (Å²) in [7, 11) is 1.56. The number of aliphatic hydroxyl groups is 1. The molecule has 1 rings (SSSR count). The third-order valence-corrected chi connectivity index (χ3v) is 2.15. The SMILES string of the molecule is COCCC(=O)Nc1cccc(C#CCCO)c1. The van der Waals surface area contributed by atoms with Gasteiger partial charge in [-0.15, -0.1) is 0 Å². The van der Waals surface area contributed by atoms with Crippen molar-refractivity contribution in [2.75, 3.05) is 25.6 Å². The van der Waals surface area contributed by atoms with Crippen LogP contribution in [0.5, 0.6) is 0 Å². The molecule has 0 aromatic heterocycles. The Morgan fingerprint density at radius 3 is 3.06 bits per heavy atom. The fourth-order valence-electron chi connectivity index (χ4n) is 1.31. The molecule has 0 saturated heterocycles. The number of carbonyl (C=O) groups is 1. The molecule has 0 bridgehead atoms. The summed E-state index contributed by atoms with van der Waals surface area (Å²) in [4.78, 5) is 11.5. The number of hydrogen-bond donors (Lipinski definition) is 2. The largest absolute Gasteiger partial charge is 0.395 e. The van der Waals surface area contributed by atoms with Crippen LogP contribution < -0.4 is 5.32 Å². The normalized spacial score (nSPS) is 9.44. The number of hydrogen-bond acceptors (Lipinski definition) is 3. The number of aliphatic hydroxyl groups excluding tert-OH is 1. The lowest BCUT2D eigenvalue weighted by molar-refractivity contribution is -0.117. The predicted octanol–water partition coefficient (Wildman–Crippen LogP) is 1.40. The van der Waals surface area contributed by atoms with Gasteiger partial charge in [0.25, 0.3) is 0 Å². The first-order valence-corrected chi connectivity index (χ1v) is 5.75. The van der Waals surface area contributed by atoms with Gasteiger partial charge in [0.15, 0.2) is 0 Å². The van der Waals surface area contributed by atoms with Gasteiger partial charge in [-0.2, -0.15) is 0 Å². The van der Waals surface area contributed by atoms with Gasteiger partial charge in [-0.3, -0.25) is 4.79 Å². The van der Waals surface area contributed by atoms with E-state index in [1.165, 1.54) is 0 Å². The third kappa shape index (κ3) is 5.48. The molecular formula is C14H17NO3. The van der Waals surface area contributed by atoms with Crippen molar-refractivity contribution in [1.82, 2.24) is 0 Å². The van der Waals surface area contributed by atoms with Crippen LogP contribution in [0.25, 0.3) is 0 Å². The molecule has 1 aromatic carbocycles. The summed E-state index contributed by atoms with van der Waals surface area (Å²) in [5.74, 6) is 5.66. The fraction of sp³-hybridized carbons (Fsp3) is 0.357. The second-order valence-corrected chi connectivity index (χ2v) is 3.65. The lowest BCUT2D eigenvalue weighted by atomic mass is 10.2. The number of amides is 1. The first-order chi connectivity index (χ1) is 8.76. The molecule has 0 aliphatic rings. The molecule has 4 heteroatoms. The van der Waals surface area contributed by atoms with Gasteiger partial charge in [-0.1, -0.05) is 17.9 Å². The molecule has 0 aliphatic carbocycles. The molecule has 0 heterocycles. The first-order valence-electron chi connectivity index (χ1n) is 5.75. The summed E-state index contributed by atoms with van der Waals surface area (Å²) in [5.41, 5.74) is 1.53. The highest BCUT2D eigenvalue weighted by Crippen LogP contribution is 2.10. The molecule has 2 N–H and O–H groups in total. The second-order valence-electron chi connectivity index (χ2n) is 3.65. The van der Waals surface area contributed by atoms with Crippen LogP contribution >= 0.6 is 0 Å². The van der Waals surface area contributed by atoms with Crippen molar-refractivity contribution in [3.8, 4) is 11.8 Å². The highest BCUT2D eigenvalue weighted by Gasteiger charge is 2.01. The number of anilines is 1. The molecule has 0 aliphatic heterocycles. The molecule has 0 unspecified atom stereocenters. The molecule has 18 heavy (non-hydrogen) atoms. The van der Waals surface area contributed by atoms with E-state index < -0.39 is 0 Å². The van der Waals surface area contributed by atoms with Gasteiger partial charge in [-0.25, -0.2) is 0 Å². The molecule has 1 aromatic rings. The Morgan fingerprint density at radius 2 is 2.33 bits per heavy atom. The third-order valence-electron chi connectivity index (χ3n) is 2.15. The number of carbonyl (C=O) groups excluding carboxylic acids is 1. The zero-order valence-electron chi connectivity index (χ0n) is 10.4. The van der Waals surface area contributed by atoms with Crippen molar-refractivity contribution >= 4 is 11.6 Å². The van der Waals surface area contributed by atoms with Gasteiger partial charge in [0.05, 0.1) is 19.6 Å². The van der Waals surface area contributed by atoms with Crippen LogP contribution in [0.15, 0.2) is 24.3 Å². The second kappa shape index (κ2) is 8.29. The van der Waals surface area contributed by atoms with Crippen LogP contribution in [0, 0.1) is 11.8 Å². The van der Waals surface area contributed by atoms with Crippen molar-refractivity contribution in [1.29, 1.82) is 0 Å². The van der Waals surface area contributed by atoms with Crippen LogP contribution in [0.4, 0.5) is 5.69 Å². The fourth-order valence-corrected chi connectivity index (χ4v) is 1.31. The quantitative estimate of drug-likeness (QED) is 0.773. The van der Waals surface area contributed by atoms with E-state index >= 15 is 0 Å². The molecule has 4 nitrogen and oxygen atoms in total. The summed E-state index contributed by atoms with van der Waals surface area (Å²) >= 11 is 0. The van der Waals surface area contributed by atoms with Gasteiger partial charge >= 0.3 is 0 Å². The Kier molecular flexibility index (Phi) is 6.55. The van der Waals surface area contributed by atoms with E-state index in [-0.39, 0.29) is 12.5 Å². The highest BCUT2D eigenvalue weighted by molar-refractivity contribution is 5.90. The van der Waals surface area contributed by atoms with Crippen molar-refractivity contribution in [2.24, 2.45) is 0 Å². The van der Waals surface area contributed by atoms with Crippen molar-refractivity contribution < 1.29 is 14.6 Å². The Balaban J connectivity index is 2.60. The maximum atomic E-state index is 11.5. The van der Waals surface area contributed by atoms with Gasteiger partial charge in [0.1, 0.15) is 0 Å². The Labute approximate surface area is 107 Å². The van der Waals surface area contributed by atoms with Crippen molar-refractivity contribution in [3.63, 3.8) is 0 Å². The summed E-state index contributed by atoms with van der Waals surface area (Å²) < 4.78 is 4.83. The maximum Gasteiger partial charge on any atom is 0.226 e. The minimum Gasteiger partial charge on any atom is -0.395 e.